The number of ketones is 1. The summed E-state index contributed by atoms with van der Waals surface area (Å²) in [5.41, 5.74) is 7.47. The summed E-state index contributed by atoms with van der Waals surface area (Å²) >= 11 is 0. The van der Waals surface area contributed by atoms with Gasteiger partial charge in [-0.2, -0.15) is 0 Å². The fourth-order valence-corrected chi connectivity index (χ4v) is 1.93. The van der Waals surface area contributed by atoms with E-state index < -0.39 is 18.0 Å². The summed E-state index contributed by atoms with van der Waals surface area (Å²) in [6.07, 6.45) is -0.970. The first-order chi connectivity index (χ1) is 11.4. The van der Waals surface area contributed by atoms with Crippen molar-refractivity contribution in [3.63, 3.8) is 0 Å². The molecule has 0 aliphatic carbocycles. The fraction of sp³-hybridized carbons (Fsp3) is 0.167. The van der Waals surface area contributed by atoms with Crippen molar-refractivity contribution in [2.24, 2.45) is 0 Å². The Hall–Kier alpha value is -3.15. The van der Waals surface area contributed by atoms with Crippen LogP contribution in [0.2, 0.25) is 0 Å². The van der Waals surface area contributed by atoms with Crippen molar-refractivity contribution in [2.75, 3.05) is 11.1 Å². The molecule has 0 radical (unpaired) electrons. The molecule has 0 spiro atoms. The average Bonchev–Trinajstić information content (AvgIpc) is 2.55. The van der Waals surface area contributed by atoms with Crippen LogP contribution in [0.25, 0.3) is 0 Å². The van der Waals surface area contributed by atoms with Crippen molar-refractivity contribution in [3.8, 4) is 0 Å². The Bertz CT molecular complexity index is 752. The molecule has 0 saturated carbocycles. The molecule has 124 valence electrons. The maximum absolute atomic E-state index is 12.1. The molecule has 6 nitrogen and oxygen atoms in total. The van der Waals surface area contributed by atoms with Crippen molar-refractivity contribution in [1.29, 1.82) is 0 Å². The SMILES string of the molecule is CC(=O)c1ccc(NC(=O)[C@H](C)OC(=O)c2ccc(N)cc2)cc1. The lowest BCUT2D eigenvalue weighted by Crippen LogP contribution is -2.30. The number of carbonyl (C=O) groups is 3. The molecule has 2 aromatic carbocycles. The molecular formula is C18H18N2O4. The quantitative estimate of drug-likeness (QED) is 0.500. The maximum Gasteiger partial charge on any atom is 0.338 e. The summed E-state index contributed by atoms with van der Waals surface area (Å²) in [5, 5.41) is 2.63. The molecule has 24 heavy (non-hydrogen) atoms. The third-order valence-electron chi connectivity index (χ3n) is 3.36. The van der Waals surface area contributed by atoms with Crippen LogP contribution in [-0.2, 0) is 9.53 Å². The molecular weight excluding hydrogens is 308 g/mol. The molecule has 0 fully saturated rings. The van der Waals surface area contributed by atoms with E-state index in [0.29, 0.717) is 22.5 Å². The number of hydrogen-bond donors (Lipinski definition) is 2. The first-order valence-electron chi connectivity index (χ1n) is 7.35. The van der Waals surface area contributed by atoms with E-state index in [1.54, 1.807) is 36.4 Å². The Morgan fingerprint density at radius 2 is 1.50 bits per heavy atom. The van der Waals surface area contributed by atoms with Crippen molar-refractivity contribution in [3.05, 3.63) is 59.7 Å². The second-order valence-corrected chi connectivity index (χ2v) is 5.29. The number of Topliss-reactive ketones (excluding diaryl/α,β-unsaturated/α-hetero) is 1. The molecule has 1 amide bonds. The van der Waals surface area contributed by atoms with Crippen LogP contribution in [0.4, 0.5) is 11.4 Å². The zero-order valence-electron chi connectivity index (χ0n) is 13.4. The van der Waals surface area contributed by atoms with Crippen molar-refractivity contribution >= 4 is 29.0 Å². The van der Waals surface area contributed by atoms with E-state index >= 15 is 0 Å². The molecule has 0 aromatic heterocycles. The highest BCUT2D eigenvalue weighted by Crippen LogP contribution is 2.12. The molecule has 0 saturated heterocycles. The molecule has 0 unspecified atom stereocenters. The lowest BCUT2D eigenvalue weighted by molar-refractivity contribution is -0.123. The minimum atomic E-state index is -0.970. The zero-order chi connectivity index (χ0) is 17.7. The van der Waals surface area contributed by atoms with Gasteiger partial charge in [-0.25, -0.2) is 4.79 Å². The van der Waals surface area contributed by atoms with Crippen molar-refractivity contribution in [1.82, 2.24) is 0 Å². The van der Waals surface area contributed by atoms with Crippen LogP contribution in [0, 0.1) is 0 Å². The third kappa shape index (κ3) is 4.42. The number of nitrogens with one attached hydrogen (secondary N) is 1. The van der Waals surface area contributed by atoms with Crippen LogP contribution < -0.4 is 11.1 Å². The summed E-state index contributed by atoms with van der Waals surface area (Å²) in [6, 6.07) is 12.7. The van der Waals surface area contributed by atoms with Crippen LogP contribution in [0.1, 0.15) is 34.6 Å². The number of hydrogen-bond acceptors (Lipinski definition) is 5. The number of benzene rings is 2. The largest absolute Gasteiger partial charge is 0.449 e. The fourth-order valence-electron chi connectivity index (χ4n) is 1.93. The summed E-state index contributed by atoms with van der Waals surface area (Å²) in [7, 11) is 0. The van der Waals surface area contributed by atoms with Crippen LogP contribution in [0.5, 0.6) is 0 Å². The molecule has 3 N–H and O–H groups in total. The minimum absolute atomic E-state index is 0.0568. The Labute approximate surface area is 139 Å². The van der Waals surface area contributed by atoms with Gasteiger partial charge < -0.3 is 15.8 Å². The lowest BCUT2D eigenvalue weighted by Gasteiger charge is -2.13. The third-order valence-corrected chi connectivity index (χ3v) is 3.36. The first-order valence-corrected chi connectivity index (χ1v) is 7.35. The molecule has 2 aromatic rings. The number of anilines is 2. The van der Waals surface area contributed by atoms with Gasteiger partial charge in [-0.15, -0.1) is 0 Å². The van der Waals surface area contributed by atoms with Gasteiger partial charge in [-0.3, -0.25) is 9.59 Å². The van der Waals surface area contributed by atoms with E-state index in [1.165, 1.54) is 26.0 Å². The second-order valence-electron chi connectivity index (χ2n) is 5.29. The van der Waals surface area contributed by atoms with Crippen LogP contribution >= 0.6 is 0 Å². The maximum atomic E-state index is 12.1. The van der Waals surface area contributed by atoms with Crippen molar-refractivity contribution < 1.29 is 19.1 Å². The molecule has 0 aliphatic rings. The highest BCUT2D eigenvalue weighted by molar-refractivity contribution is 5.98. The lowest BCUT2D eigenvalue weighted by atomic mass is 10.1. The highest BCUT2D eigenvalue weighted by atomic mass is 16.5. The number of nitrogen functional groups attached to an aromatic ring is 1. The normalized spacial score (nSPS) is 11.4. The monoisotopic (exact) mass is 326 g/mol. The average molecular weight is 326 g/mol. The number of carbonyl (C=O) groups excluding carboxylic acids is 3. The summed E-state index contributed by atoms with van der Waals surface area (Å²) < 4.78 is 5.13. The van der Waals surface area contributed by atoms with E-state index in [1.807, 2.05) is 0 Å². The van der Waals surface area contributed by atoms with E-state index in [2.05, 4.69) is 5.32 Å². The Morgan fingerprint density at radius 3 is 2.04 bits per heavy atom. The van der Waals surface area contributed by atoms with E-state index in [4.69, 9.17) is 10.5 Å². The van der Waals surface area contributed by atoms with E-state index in [0.717, 1.165) is 0 Å². The topological polar surface area (TPSA) is 98.5 Å². The minimum Gasteiger partial charge on any atom is -0.449 e. The zero-order valence-corrected chi connectivity index (χ0v) is 13.4. The van der Waals surface area contributed by atoms with Gasteiger partial charge >= 0.3 is 5.97 Å². The number of rotatable bonds is 5. The summed E-state index contributed by atoms with van der Waals surface area (Å²) in [4.78, 5) is 35.3. The van der Waals surface area contributed by atoms with Gasteiger partial charge in [0.1, 0.15) is 0 Å². The second kappa shape index (κ2) is 7.41. The van der Waals surface area contributed by atoms with Gasteiger partial charge in [0.05, 0.1) is 5.56 Å². The van der Waals surface area contributed by atoms with Crippen molar-refractivity contribution in [2.45, 2.75) is 20.0 Å². The predicted molar refractivity (Wildman–Crippen MR) is 90.8 cm³/mol. The highest BCUT2D eigenvalue weighted by Gasteiger charge is 2.19. The van der Waals surface area contributed by atoms with E-state index in [9.17, 15) is 14.4 Å². The molecule has 0 bridgehead atoms. The molecule has 6 heteroatoms. The van der Waals surface area contributed by atoms with Gasteiger partial charge in [-0.1, -0.05) is 0 Å². The van der Waals surface area contributed by atoms with Gasteiger partial charge in [0.25, 0.3) is 5.91 Å². The number of amides is 1. The first kappa shape index (κ1) is 17.2. The Kier molecular flexibility index (Phi) is 5.31. The van der Waals surface area contributed by atoms with Gasteiger partial charge in [0.2, 0.25) is 0 Å². The smallest absolute Gasteiger partial charge is 0.338 e. The predicted octanol–water partition coefficient (Wildman–Crippen LogP) is 2.66. The van der Waals surface area contributed by atoms with Gasteiger partial charge in [0.15, 0.2) is 11.9 Å². The van der Waals surface area contributed by atoms with Gasteiger partial charge in [0, 0.05) is 16.9 Å². The molecule has 1 atom stereocenters. The molecule has 2 rings (SSSR count). The van der Waals surface area contributed by atoms with Crippen LogP contribution in [0.3, 0.4) is 0 Å². The number of nitrogens with two attached hydrogens (primary N) is 1. The molecule has 0 aliphatic heterocycles. The standard InChI is InChI=1S/C18H18N2O4/c1-11(21)13-5-9-16(10-6-13)20-17(22)12(2)24-18(23)14-3-7-15(19)8-4-14/h3-10,12H,19H2,1-2H3,(H,20,22)/t12-/m0/s1. The summed E-state index contributed by atoms with van der Waals surface area (Å²) in [5.74, 6) is -1.13. The Morgan fingerprint density at radius 1 is 0.958 bits per heavy atom. The summed E-state index contributed by atoms with van der Waals surface area (Å²) in [6.45, 7) is 2.95. The van der Waals surface area contributed by atoms with Gasteiger partial charge in [-0.05, 0) is 62.4 Å². The van der Waals surface area contributed by atoms with E-state index in [-0.39, 0.29) is 5.78 Å². The molecule has 0 heterocycles. The van der Waals surface area contributed by atoms with Crippen LogP contribution in [-0.4, -0.2) is 23.8 Å². The number of ether oxygens (including phenoxy) is 1. The van der Waals surface area contributed by atoms with Crippen LogP contribution in [0.15, 0.2) is 48.5 Å². The number of esters is 1. The Balaban J connectivity index is 1.95.